The van der Waals surface area contributed by atoms with Crippen molar-refractivity contribution in [3.63, 3.8) is 0 Å². The van der Waals surface area contributed by atoms with Gasteiger partial charge in [0.05, 0.1) is 30.5 Å². The zero-order valence-electron chi connectivity index (χ0n) is 18.7. The normalized spacial score (nSPS) is 11.2. The van der Waals surface area contributed by atoms with Gasteiger partial charge in [0.1, 0.15) is 12.3 Å². The van der Waals surface area contributed by atoms with Crippen molar-refractivity contribution >= 4 is 27.8 Å². The Balaban J connectivity index is 1.78. The number of carbonyl (C=O) groups is 1. The molecule has 34 heavy (non-hydrogen) atoms. The van der Waals surface area contributed by atoms with Crippen molar-refractivity contribution in [3.05, 3.63) is 78.4 Å². The predicted octanol–water partition coefficient (Wildman–Crippen LogP) is 3.15. The Morgan fingerprint density at radius 2 is 1.79 bits per heavy atom. The van der Waals surface area contributed by atoms with Crippen LogP contribution in [0.1, 0.15) is 12.5 Å². The summed E-state index contributed by atoms with van der Waals surface area (Å²) in [6.45, 7) is 1.68. The number of phenolic OH excluding ortho intramolecular Hbond substituents is 1. The summed E-state index contributed by atoms with van der Waals surface area (Å²) >= 11 is 0. The van der Waals surface area contributed by atoms with Crippen molar-refractivity contribution in [2.24, 2.45) is 5.10 Å². The molecule has 0 aliphatic heterocycles. The lowest BCUT2D eigenvalue weighted by Crippen LogP contribution is -2.39. The SMILES string of the molecule is CCOc1cc(/C=N/NC(=O)CN(c2ccccc2)S(=O)(=O)c2ccc(OC)cc2)ccc1O. The first-order chi connectivity index (χ1) is 16.3. The first-order valence-corrected chi connectivity index (χ1v) is 11.8. The molecular formula is C24H25N3O6S. The zero-order valence-corrected chi connectivity index (χ0v) is 19.5. The van der Waals surface area contributed by atoms with Gasteiger partial charge in [-0.05, 0) is 67.1 Å². The lowest BCUT2D eigenvalue weighted by Gasteiger charge is -2.23. The van der Waals surface area contributed by atoms with Crippen LogP contribution in [0.4, 0.5) is 5.69 Å². The van der Waals surface area contributed by atoms with E-state index in [4.69, 9.17) is 9.47 Å². The molecule has 0 spiro atoms. The molecule has 9 nitrogen and oxygen atoms in total. The highest BCUT2D eigenvalue weighted by Crippen LogP contribution is 2.26. The van der Waals surface area contributed by atoms with Crippen LogP contribution in [-0.2, 0) is 14.8 Å². The molecule has 3 aromatic carbocycles. The number of para-hydroxylation sites is 1. The first-order valence-electron chi connectivity index (χ1n) is 10.3. The molecule has 0 aliphatic carbocycles. The highest BCUT2D eigenvalue weighted by molar-refractivity contribution is 7.92. The number of anilines is 1. The van der Waals surface area contributed by atoms with Gasteiger partial charge in [-0.15, -0.1) is 0 Å². The minimum absolute atomic E-state index is 0.00900. The maximum Gasteiger partial charge on any atom is 0.264 e. The molecule has 0 bridgehead atoms. The second-order valence-corrected chi connectivity index (χ2v) is 8.84. The van der Waals surface area contributed by atoms with Crippen LogP contribution < -0.4 is 19.2 Å². The van der Waals surface area contributed by atoms with Crippen LogP contribution in [0.3, 0.4) is 0 Å². The van der Waals surface area contributed by atoms with E-state index in [2.05, 4.69) is 10.5 Å². The minimum atomic E-state index is -4.05. The lowest BCUT2D eigenvalue weighted by molar-refractivity contribution is -0.119. The van der Waals surface area contributed by atoms with Gasteiger partial charge in [0.15, 0.2) is 11.5 Å². The van der Waals surface area contributed by atoms with Crippen LogP contribution in [0.25, 0.3) is 0 Å². The van der Waals surface area contributed by atoms with E-state index in [-0.39, 0.29) is 10.6 Å². The molecule has 0 saturated carbocycles. The number of amides is 1. The van der Waals surface area contributed by atoms with Gasteiger partial charge in [-0.1, -0.05) is 18.2 Å². The standard InChI is InChI=1S/C24H25N3O6S/c1-3-33-23-15-18(9-14-22(23)28)16-25-26-24(29)17-27(19-7-5-4-6-8-19)34(30,31)21-12-10-20(32-2)11-13-21/h4-16,28H,3,17H2,1-2H3,(H,26,29)/b25-16+. The lowest BCUT2D eigenvalue weighted by atomic mass is 10.2. The van der Waals surface area contributed by atoms with Gasteiger partial charge in [0.2, 0.25) is 0 Å². The van der Waals surface area contributed by atoms with E-state index in [0.29, 0.717) is 29.4 Å². The molecule has 3 aromatic rings. The summed E-state index contributed by atoms with van der Waals surface area (Å²) < 4.78 is 38.1. The van der Waals surface area contributed by atoms with E-state index in [1.807, 2.05) is 0 Å². The summed E-state index contributed by atoms with van der Waals surface area (Å²) in [5, 5.41) is 13.7. The summed E-state index contributed by atoms with van der Waals surface area (Å²) in [6, 6.07) is 18.8. The van der Waals surface area contributed by atoms with E-state index in [1.165, 1.54) is 43.7 Å². The van der Waals surface area contributed by atoms with Gasteiger partial charge >= 0.3 is 0 Å². The summed E-state index contributed by atoms with van der Waals surface area (Å²) in [5.41, 5.74) is 3.25. The number of nitrogens with zero attached hydrogens (tertiary/aromatic N) is 2. The summed E-state index contributed by atoms with van der Waals surface area (Å²) in [6.07, 6.45) is 1.37. The van der Waals surface area contributed by atoms with E-state index in [9.17, 15) is 18.3 Å². The van der Waals surface area contributed by atoms with Gasteiger partial charge in [-0.3, -0.25) is 9.10 Å². The molecular weight excluding hydrogens is 458 g/mol. The quantitative estimate of drug-likeness (QED) is 0.338. The second kappa shape index (κ2) is 11.2. The summed E-state index contributed by atoms with van der Waals surface area (Å²) in [5.74, 6) is 0.156. The third-order valence-corrected chi connectivity index (χ3v) is 6.45. The Kier molecular flexibility index (Phi) is 8.10. The molecule has 0 unspecified atom stereocenters. The first kappa shape index (κ1) is 24.6. The smallest absolute Gasteiger partial charge is 0.264 e. The Morgan fingerprint density at radius 3 is 2.44 bits per heavy atom. The number of hydrogen-bond acceptors (Lipinski definition) is 7. The number of carbonyl (C=O) groups excluding carboxylic acids is 1. The van der Waals surface area contributed by atoms with E-state index in [1.54, 1.807) is 49.4 Å². The van der Waals surface area contributed by atoms with Crippen LogP contribution in [-0.4, -0.2) is 45.9 Å². The minimum Gasteiger partial charge on any atom is -0.504 e. The van der Waals surface area contributed by atoms with Crippen LogP contribution >= 0.6 is 0 Å². The van der Waals surface area contributed by atoms with Gasteiger partial charge in [-0.25, -0.2) is 13.8 Å². The monoisotopic (exact) mass is 483 g/mol. The van der Waals surface area contributed by atoms with Crippen molar-refractivity contribution in [2.75, 3.05) is 24.6 Å². The van der Waals surface area contributed by atoms with Crippen LogP contribution in [0, 0.1) is 0 Å². The number of benzene rings is 3. The van der Waals surface area contributed by atoms with Crippen molar-refractivity contribution < 1.29 is 27.8 Å². The van der Waals surface area contributed by atoms with Crippen molar-refractivity contribution in [2.45, 2.75) is 11.8 Å². The molecule has 178 valence electrons. The van der Waals surface area contributed by atoms with Crippen molar-refractivity contribution in [1.29, 1.82) is 0 Å². The molecule has 0 heterocycles. The average molecular weight is 484 g/mol. The van der Waals surface area contributed by atoms with Crippen molar-refractivity contribution in [1.82, 2.24) is 5.43 Å². The molecule has 0 aliphatic rings. The fourth-order valence-electron chi connectivity index (χ4n) is 3.01. The maximum absolute atomic E-state index is 13.3. The third-order valence-electron chi connectivity index (χ3n) is 4.67. The van der Waals surface area contributed by atoms with Crippen LogP contribution in [0.5, 0.6) is 17.2 Å². The molecule has 0 atom stereocenters. The Bertz CT molecular complexity index is 1250. The number of sulfonamides is 1. The second-order valence-electron chi connectivity index (χ2n) is 6.98. The summed E-state index contributed by atoms with van der Waals surface area (Å²) in [7, 11) is -2.56. The fraction of sp³-hybridized carbons (Fsp3) is 0.167. The van der Waals surface area contributed by atoms with Gasteiger partial charge in [0.25, 0.3) is 15.9 Å². The van der Waals surface area contributed by atoms with Gasteiger partial charge in [-0.2, -0.15) is 5.10 Å². The number of aromatic hydroxyl groups is 1. The maximum atomic E-state index is 13.3. The number of rotatable bonds is 10. The molecule has 10 heteroatoms. The number of methoxy groups -OCH3 is 1. The number of phenols is 1. The number of hydrogen-bond donors (Lipinski definition) is 2. The number of hydrazone groups is 1. The van der Waals surface area contributed by atoms with Crippen LogP contribution in [0.2, 0.25) is 0 Å². The summed E-state index contributed by atoms with van der Waals surface area (Å²) in [4.78, 5) is 12.6. The Hall–Kier alpha value is -4.05. The van der Waals surface area contributed by atoms with E-state index >= 15 is 0 Å². The highest BCUT2D eigenvalue weighted by Gasteiger charge is 2.27. The molecule has 3 rings (SSSR count). The molecule has 0 fully saturated rings. The number of nitrogens with one attached hydrogen (secondary N) is 1. The number of ether oxygens (including phenoxy) is 2. The average Bonchev–Trinajstić information content (AvgIpc) is 2.85. The highest BCUT2D eigenvalue weighted by atomic mass is 32.2. The fourth-order valence-corrected chi connectivity index (χ4v) is 4.43. The predicted molar refractivity (Wildman–Crippen MR) is 129 cm³/mol. The van der Waals surface area contributed by atoms with E-state index in [0.717, 1.165) is 4.31 Å². The molecule has 1 amide bonds. The topological polar surface area (TPSA) is 118 Å². The van der Waals surface area contributed by atoms with Gasteiger partial charge < -0.3 is 14.6 Å². The third kappa shape index (κ3) is 6.04. The Morgan fingerprint density at radius 1 is 1.09 bits per heavy atom. The zero-order chi connectivity index (χ0) is 24.6. The largest absolute Gasteiger partial charge is 0.504 e. The van der Waals surface area contributed by atoms with Crippen LogP contribution in [0.15, 0.2) is 82.8 Å². The molecule has 0 saturated heterocycles. The Labute approximate surface area is 198 Å². The van der Waals surface area contributed by atoms with Gasteiger partial charge in [0, 0.05) is 0 Å². The molecule has 2 N–H and O–H groups in total. The molecule has 0 radical (unpaired) electrons. The van der Waals surface area contributed by atoms with E-state index < -0.39 is 22.5 Å². The molecule has 0 aromatic heterocycles. The van der Waals surface area contributed by atoms with Crippen molar-refractivity contribution in [3.8, 4) is 17.2 Å².